The summed E-state index contributed by atoms with van der Waals surface area (Å²) in [6.45, 7) is 8.21. The SMILES string of the molecule is Cc1ccc(Oc2ccc(-c3ccc(OC(C)(C)C)cc3)cc2)cc1. The molecular weight excluding hydrogens is 308 g/mol. The summed E-state index contributed by atoms with van der Waals surface area (Å²) in [5.41, 5.74) is 3.35. The van der Waals surface area contributed by atoms with Crippen LogP contribution in [0, 0.1) is 6.92 Å². The number of hydrogen-bond donors (Lipinski definition) is 0. The van der Waals surface area contributed by atoms with E-state index in [0.29, 0.717) is 0 Å². The lowest BCUT2D eigenvalue weighted by Gasteiger charge is -2.21. The van der Waals surface area contributed by atoms with Gasteiger partial charge in [-0.1, -0.05) is 42.0 Å². The van der Waals surface area contributed by atoms with Crippen molar-refractivity contribution in [3.05, 3.63) is 78.4 Å². The third-order valence-electron chi connectivity index (χ3n) is 3.72. The molecule has 0 heterocycles. The first-order valence-electron chi connectivity index (χ1n) is 8.53. The van der Waals surface area contributed by atoms with Gasteiger partial charge in [-0.2, -0.15) is 0 Å². The van der Waals surface area contributed by atoms with Crippen molar-refractivity contribution in [2.24, 2.45) is 0 Å². The Bertz CT molecular complexity index is 808. The van der Waals surface area contributed by atoms with Gasteiger partial charge >= 0.3 is 0 Å². The summed E-state index contributed by atoms with van der Waals surface area (Å²) >= 11 is 0. The minimum Gasteiger partial charge on any atom is -0.488 e. The maximum Gasteiger partial charge on any atom is 0.127 e. The van der Waals surface area contributed by atoms with Crippen LogP contribution < -0.4 is 9.47 Å². The molecule has 0 fully saturated rings. The average Bonchev–Trinajstić information content (AvgIpc) is 2.57. The summed E-state index contributed by atoms with van der Waals surface area (Å²) in [4.78, 5) is 0. The minimum atomic E-state index is -0.184. The van der Waals surface area contributed by atoms with E-state index in [1.165, 1.54) is 5.56 Å². The van der Waals surface area contributed by atoms with Crippen molar-refractivity contribution in [1.29, 1.82) is 0 Å². The highest BCUT2D eigenvalue weighted by atomic mass is 16.5. The summed E-state index contributed by atoms with van der Waals surface area (Å²) in [5, 5.41) is 0. The smallest absolute Gasteiger partial charge is 0.127 e. The standard InChI is InChI=1S/C23H24O2/c1-17-5-11-20(12-6-17)24-21-13-7-18(8-14-21)19-9-15-22(16-10-19)25-23(2,3)4/h5-16H,1-4H3. The molecule has 3 aromatic rings. The Morgan fingerprint density at radius 1 is 0.560 bits per heavy atom. The lowest BCUT2D eigenvalue weighted by Crippen LogP contribution is -2.22. The molecule has 3 rings (SSSR count). The van der Waals surface area contributed by atoms with Crippen LogP contribution in [-0.4, -0.2) is 5.60 Å². The monoisotopic (exact) mass is 332 g/mol. The van der Waals surface area contributed by atoms with Crippen LogP contribution in [0.5, 0.6) is 17.2 Å². The largest absolute Gasteiger partial charge is 0.488 e. The number of hydrogen-bond acceptors (Lipinski definition) is 2. The van der Waals surface area contributed by atoms with E-state index in [-0.39, 0.29) is 5.60 Å². The first-order valence-corrected chi connectivity index (χ1v) is 8.53. The van der Waals surface area contributed by atoms with Gasteiger partial charge in [0.15, 0.2) is 0 Å². The molecule has 2 heteroatoms. The van der Waals surface area contributed by atoms with Crippen LogP contribution in [0.2, 0.25) is 0 Å². The maximum atomic E-state index is 5.88. The quantitative estimate of drug-likeness (QED) is 0.533. The summed E-state index contributed by atoms with van der Waals surface area (Å²) in [7, 11) is 0. The van der Waals surface area contributed by atoms with Gasteiger partial charge < -0.3 is 9.47 Å². The van der Waals surface area contributed by atoms with Crippen molar-refractivity contribution in [3.63, 3.8) is 0 Å². The van der Waals surface area contributed by atoms with Crippen LogP contribution in [0.3, 0.4) is 0 Å². The molecule has 0 saturated heterocycles. The van der Waals surface area contributed by atoms with Crippen LogP contribution in [0.15, 0.2) is 72.8 Å². The second-order valence-corrected chi connectivity index (χ2v) is 7.18. The Labute approximate surface area is 150 Å². The highest BCUT2D eigenvalue weighted by Gasteiger charge is 2.11. The Morgan fingerprint density at radius 3 is 1.40 bits per heavy atom. The van der Waals surface area contributed by atoms with Gasteiger partial charge in [0, 0.05) is 0 Å². The molecular formula is C23H24O2. The molecule has 0 aliphatic carbocycles. The predicted molar refractivity (Wildman–Crippen MR) is 104 cm³/mol. The van der Waals surface area contributed by atoms with Crippen molar-refractivity contribution in [3.8, 4) is 28.4 Å². The molecule has 0 bridgehead atoms. The Hall–Kier alpha value is -2.74. The molecule has 0 spiro atoms. The van der Waals surface area contributed by atoms with Crippen molar-refractivity contribution >= 4 is 0 Å². The van der Waals surface area contributed by atoms with Crippen LogP contribution >= 0.6 is 0 Å². The maximum absolute atomic E-state index is 5.88. The minimum absolute atomic E-state index is 0.184. The van der Waals surface area contributed by atoms with Crippen LogP contribution in [0.25, 0.3) is 11.1 Å². The fourth-order valence-electron chi connectivity index (χ4n) is 2.53. The first-order chi connectivity index (χ1) is 11.9. The van der Waals surface area contributed by atoms with E-state index < -0.39 is 0 Å². The van der Waals surface area contributed by atoms with Gasteiger partial charge in [0.25, 0.3) is 0 Å². The normalized spacial score (nSPS) is 11.2. The molecule has 3 aromatic carbocycles. The fourth-order valence-corrected chi connectivity index (χ4v) is 2.53. The van der Waals surface area contributed by atoms with Gasteiger partial charge in [0.05, 0.1) is 0 Å². The Balaban J connectivity index is 1.70. The second-order valence-electron chi connectivity index (χ2n) is 7.18. The van der Waals surface area contributed by atoms with Crippen molar-refractivity contribution in [2.75, 3.05) is 0 Å². The molecule has 0 radical (unpaired) electrons. The van der Waals surface area contributed by atoms with Gasteiger partial charge in [-0.05, 0) is 75.2 Å². The molecule has 0 aliphatic rings. The van der Waals surface area contributed by atoms with Crippen molar-refractivity contribution in [1.82, 2.24) is 0 Å². The molecule has 0 atom stereocenters. The third kappa shape index (κ3) is 4.87. The summed E-state index contributed by atoms with van der Waals surface area (Å²) in [6.07, 6.45) is 0. The highest BCUT2D eigenvalue weighted by molar-refractivity contribution is 5.65. The summed E-state index contributed by atoms with van der Waals surface area (Å²) in [5.74, 6) is 2.57. The Kier molecular flexibility index (Phi) is 4.80. The van der Waals surface area contributed by atoms with E-state index in [1.54, 1.807) is 0 Å². The summed E-state index contributed by atoms with van der Waals surface area (Å²) < 4.78 is 11.7. The fraction of sp³-hybridized carbons (Fsp3) is 0.217. The lowest BCUT2D eigenvalue weighted by molar-refractivity contribution is 0.131. The van der Waals surface area contributed by atoms with E-state index in [9.17, 15) is 0 Å². The first kappa shape index (κ1) is 17.1. The van der Waals surface area contributed by atoms with Crippen LogP contribution in [0.1, 0.15) is 26.3 Å². The van der Waals surface area contributed by atoms with Crippen molar-refractivity contribution < 1.29 is 9.47 Å². The summed E-state index contributed by atoms with van der Waals surface area (Å²) in [6, 6.07) is 24.4. The molecule has 0 amide bonds. The molecule has 0 aromatic heterocycles. The molecule has 0 unspecified atom stereocenters. The van der Waals surface area contributed by atoms with Gasteiger partial charge in [0.2, 0.25) is 0 Å². The molecule has 128 valence electrons. The molecule has 25 heavy (non-hydrogen) atoms. The van der Waals surface area contributed by atoms with Crippen molar-refractivity contribution in [2.45, 2.75) is 33.3 Å². The van der Waals surface area contributed by atoms with Crippen LogP contribution in [0.4, 0.5) is 0 Å². The van der Waals surface area contributed by atoms with E-state index >= 15 is 0 Å². The zero-order chi connectivity index (χ0) is 17.9. The van der Waals surface area contributed by atoms with Gasteiger partial charge in [0.1, 0.15) is 22.8 Å². The van der Waals surface area contributed by atoms with E-state index in [1.807, 2.05) is 69.3 Å². The number of ether oxygens (including phenoxy) is 2. The van der Waals surface area contributed by atoms with E-state index in [4.69, 9.17) is 9.47 Å². The van der Waals surface area contributed by atoms with E-state index in [0.717, 1.165) is 28.4 Å². The van der Waals surface area contributed by atoms with Gasteiger partial charge in [-0.15, -0.1) is 0 Å². The molecule has 0 saturated carbocycles. The molecule has 0 aliphatic heterocycles. The lowest BCUT2D eigenvalue weighted by atomic mass is 10.1. The molecule has 0 N–H and O–H groups in total. The number of aryl methyl sites for hydroxylation is 1. The van der Waals surface area contributed by atoms with Gasteiger partial charge in [-0.3, -0.25) is 0 Å². The zero-order valence-electron chi connectivity index (χ0n) is 15.2. The van der Waals surface area contributed by atoms with Gasteiger partial charge in [-0.25, -0.2) is 0 Å². The Morgan fingerprint density at radius 2 is 0.960 bits per heavy atom. The molecule has 2 nitrogen and oxygen atoms in total. The predicted octanol–water partition coefficient (Wildman–Crippen LogP) is 6.63. The van der Waals surface area contributed by atoms with E-state index in [2.05, 4.69) is 31.2 Å². The zero-order valence-corrected chi connectivity index (χ0v) is 15.2. The van der Waals surface area contributed by atoms with Crippen LogP contribution in [-0.2, 0) is 0 Å². The third-order valence-corrected chi connectivity index (χ3v) is 3.72. The highest BCUT2D eigenvalue weighted by Crippen LogP contribution is 2.28. The second kappa shape index (κ2) is 7.02. The average molecular weight is 332 g/mol. The number of rotatable bonds is 4. The topological polar surface area (TPSA) is 18.5 Å². The number of benzene rings is 3.